The molecule has 0 heterocycles. The van der Waals surface area contributed by atoms with Crippen molar-refractivity contribution in [2.75, 3.05) is 11.1 Å². The number of aromatic carboxylic acids is 1. The van der Waals surface area contributed by atoms with Gasteiger partial charge in [0, 0.05) is 26.3 Å². The Balaban J connectivity index is 1.61. The van der Waals surface area contributed by atoms with Crippen molar-refractivity contribution in [1.29, 1.82) is 0 Å². The molecule has 148 valence electrons. The van der Waals surface area contributed by atoms with Gasteiger partial charge in [0.05, 0.1) is 11.3 Å². The van der Waals surface area contributed by atoms with Crippen molar-refractivity contribution in [3.63, 3.8) is 0 Å². The Morgan fingerprint density at radius 1 is 0.931 bits per heavy atom. The Labute approximate surface area is 175 Å². The first-order chi connectivity index (χ1) is 14.0. The summed E-state index contributed by atoms with van der Waals surface area (Å²) in [6.45, 7) is 0. The number of benzene rings is 3. The number of carbonyl (C=O) groups excluding carboxylic acids is 1. The standard InChI is InChI=1S/C22H19NO4S2/c24-21(15-29(27)14-16-7-6-8-17(13-16)22(25)26)23-19-11-4-5-12-20(19)28-18-9-2-1-3-10-18/h1-13H,14-15H2,(H,23,24)(H,25,26). The zero-order valence-corrected chi connectivity index (χ0v) is 17.0. The molecule has 1 atom stereocenters. The van der Waals surface area contributed by atoms with Crippen molar-refractivity contribution in [3.05, 3.63) is 90.0 Å². The highest BCUT2D eigenvalue weighted by Crippen LogP contribution is 2.33. The molecule has 3 aromatic rings. The molecule has 1 amide bonds. The summed E-state index contributed by atoms with van der Waals surface area (Å²) in [5.74, 6) is -1.43. The van der Waals surface area contributed by atoms with Crippen LogP contribution in [0.15, 0.2) is 88.7 Å². The molecular formula is C22H19NO4S2. The molecule has 0 aliphatic carbocycles. The second-order valence-corrected chi connectivity index (χ2v) is 8.77. The SMILES string of the molecule is O=C(CS(=O)Cc1cccc(C(=O)O)c1)Nc1ccccc1Sc1ccccc1. The van der Waals surface area contributed by atoms with E-state index in [9.17, 15) is 13.8 Å². The van der Waals surface area contributed by atoms with Gasteiger partial charge >= 0.3 is 5.97 Å². The molecule has 0 aromatic heterocycles. The highest BCUT2D eigenvalue weighted by molar-refractivity contribution is 7.99. The predicted molar refractivity (Wildman–Crippen MR) is 116 cm³/mol. The van der Waals surface area contributed by atoms with Gasteiger partial charge in [-0.05, 0) is 42.0 Å². The quantitative estimate of drug-likeness (QED) is 0.558. The third kappa shape index (κ3) is 6.30. The normalized spacial score (nSPS) is 11.6. The Kier molecular flexibility index (Phi) is 7.21. The Hall–Kier alpha value is -2.90. The van der Waals surface area contributed by atoms with E-state index in [1.165, 1.54) is 23.9 Å². The lowest BCUT2D eigenvalue weighted by Gasteiger charge is -2.11. The van der Waals surface area contributed by atoms with E-state index in [0.717, 1.165) is 9.79 Å². The maximum absolute atomic E-state index is 12.4. The van der Waals surface area contributed by atoms with Crippen molar-refractivity contribution in [3.8, 4) is 0 Å². The first-order valence-corrected chi connectivity index (χ1v) is 11.1. The van der Waals surface area contributed by atoms with E-state index in [0.29, 0.717) is 11.3 Å². The largest absolute Gasteiger partial charge is 0.478 e. The van der Waals surface area contributed by atoms with Crippen molar-refractivity contribution in [2.24, 2.45) is 0 Å². The number of carboxylic acid groups (broad SMARTS) is 1. The monoisotopic (exact) mass is 425 g/mol. The topological polar surface area (TPSA) is 83.5 Å². The van der Waals surface area contributed by atoms with Crippen LogP contribution >= 0.6 is 11.8 Å². The number of amides is 1. The fourth-order valence-electron chi connectivity index (χ4n) is 2.64. The summed E-state index contributed by atoms with van der Waals surface area (Å²) in [4.78, 5) is 25.4. The summed E-state index contributed by atoms with van der Waals surface area (Å²) in [5, 5.41) is 11.9. The van der Waals surface area contributed by atoms with Crippen LogP contribution in [0.1, 0.15) is 15.9 Å². The fourth-order valence-corrected chi connectivity index (χ4v) is 4.58. The van der Waals surface area contributed by atoms with E-state index >= 15 is 0 Å². The average molecular weight is 426 g/mol. The number of nitrogens with one attached hydrogen (secondary N) is 1. The molecule has 5 nitrogen and oxygen atoms in total. The molecule has 0 aliphatic heterocycles. The molecule has 7 heteroatoms. The van der Waals surface area contributed by atoms with Crippen LogP contribution in [-0.2, 0) is 21.3 Å². The van der Waals surface area contributed by atoms with E-state index in [4.69, 9.17) is 5.11 Å². The van der Waals surface area contributed by atoms with Gasteiger partial charge in [-0.1, -0.05) is 54.2 Å². The number of hydrogen-bond donors (Lipinski definition) is 2. The fraction of sp³-hybridized carbons (Fsp3) is 0.0909. The van der Waals surface area contributed by atoms with Gasteiger partial charge in [0.1, 0.15) is 5.75 Å². The second kappa shape index (κ2) is 10.0. The van der Waals surface area contributed by atoms with Crippen LogP contribution in [-0.4, -0.2) is 26.9 Å². The second-order valence-electron chi connectivity index (χ2n) is 6.19. The molecule has 2 N–H and O–H groups in total. The van der Waals surface area contributed by atoms with Gasteiger partial charge in [-0.15, -0.1) is 0 Å². The van der Waals surface area contributed by atoms with E-state index in [1.54, 1.807) is 12.1 Å². The molecule has 0 spiro atoms. The van der Waals surface area contributed by atoms with Gasteiger partial charge < -0.3 is 10.4 Å². The van der Waals surface area contributed by atoms with Crippen LogP contribution in [0.5, 0.6) is 0 Å². The predicted octanol–water partition coefficient (Wildman–Crippen LogP) is 4.42. The summed E-state index contributed by atoms with van der Waals surface area (Å²) in [6, 6.07) is 23.5. The van der Waals surface area contributed by atoms with Gasteiger partial charge in [0.2, 0.25) is 5.91 Å². The van der Waals surface area contributed by atoms with Gasteiger partial charge in [0.15, 0.2) is 0 Å². The van der Waals surface area contributed by atoms with Crippen molar-refractivity contribution in [2.45, 2.75) is 15.5 Å². The molecule has 1 unspecified atom stereocenters. The number of carboxylic acids is 1. The van der Waals surface area contributed by atoms with Crippen molar-refractivity contribution >= 4 is 40.1 Å². The van der Waals surface area contributed by atoms with Crippen LogP contribution in [0.4, 0.5) is 5.69 Å². The van der Waals surface area contributed by atoms with Crippen LogP contribution in [0.2, 0.25) is 0 Å². The lowest BCUT2D eigenvalue weighted by Crippen LogP contribution is -2.20. The highest BCUT2D eigenvalue weighted by atomic mass is 32.2. The van der Waals surface area contributed by atoms with Crippen LogP contribution in [0.3, 0.4) is 0 Å². The number of rotatable bonds is 8. The van der Waals surface area contributed by atoms with Crippen LogP contribution < -0.4 is 5.32 Å². The Bertz CT molecular complexity index is 1040. The van der Waals surface area contributed by atoms with E-state index in [2.05, 4.69) is 5.32 Å². The maximum Gasteiger partial charge on any atom is 0.335 e. The number of hydrogen-bond acceptors (Lipinski definition) is 4. The molecule has 29 heavy (non-hydrogen) atoms. The first kappa shape index (κ1) is 20.8. The van der Waals surface area contributed by atoms with Crippen LogP contribution in [0.25, 0.3) is 0 Å². The Morgan fingerprint density at radius 2 is 1.66 bits per heavy atom. The van der Waals surface area contributed by atoms with E-state index in [-0.39, 0.29) is 23.0 Å². The van der Waals surface area contributed by atoms with E-state index in [1.807, 2.05) is 54.6 Å². The first-order valence-electron chi connectivity index (χ1n) is 8.80. The minimum atomic E-state index is -1.45. The maximum atomic E-state index is 12.4. The smallest absolute Gasteiger partial charge is 0.335 e. The number of anilines is 1. The molecule has 0 saturated carbocycles. The minimum absolute atomic E-state index is 0.120. The summed E-state index contributed by atoms with van der Waals surface area (Å²) in [5.41, 5.74) is 1.42. The van der Waals surface area contributed by atoms with Crippen molar-refractivity contribution in [1.82, 2.24) is 0 Å². The van der Waals surface area contributed by atoms with Gasteiger partial charge in [-0.3, -0.25) is 9.00 Å². The Morgan fingerprint density at radius 3 is 2.41 bits per heavy atom. The summed E-state index contributed by atoms with van der Waals surface area (Å²) in [7, 11) is -1.45. The van der Waals surface area contributed by atoms with E-state index < -0.39 is 16.8 Å². The summed E-state index contributed by atoms with van der Waals surface area (Å²) >= 11 is 1.54. The van der Waals surface area contributed by atoms with Crippen LogP contribution in [0, 0.1) is 0 Å². The van der Waals surface area contributed by atoms with Gasteiger partial charge in [0.25, 0.3) is 0 Å². The van der Waals surface area contributed by atoms with Gasteiger partial charge in [-0.25, -0.2) is 4.79 Å². The third-order valence-corrected chi connectivity index (χ3v) is 6.25. The highest BCUT2D eigenvalue weighted by Gasteiger charge is 2.13. The molecule has 0 bridgehead atoms. The number of carbonyl (C=O) groups is 2. The summed E-state index contributed by atoms with van der Waals surface area (Å²) in [6.07, 6.45) is 0. The average Bonchev–Trinajstić information content (AvgIpc) is 2.70. The molecule has 3 rings (SSSR count). The van der Waals surface area contributed by atoms with Crippen molar-refractivity contribution < 1.29 is 18.9 Å². The molecule has 3 aromatic carbocycles. The molecular weight excluding hydrogens is 406 g/mol. The zero-order valence-electron chi connectivity index (χ0n) is 15.4. The summed E-state index contributed by atoms with van der Waals surface area (Å²) < 4.78 is 12.4. The lowest BCUT2D eigenvalue weighted by molar-refractivity contribution is -0.113. The molecule has 0 radical (unpaired) electrons. The molecule has 0 fully saturated rings. The zero-order chi connectivity index (χ0) is 20.6. The lowest BCUT2D eigenvalue weighted by atomic mass is 10.1. The third-order valence-electron chi connectivity index (χ3n) is 3.93. The molecule has 0 saturated heterocycles. The minimum Gasteiger partial charge on any atom is -0.478 e. The molecule has 0 aliphatic rings. The van der Waals surface area contributed by atoms with Gasteiger partial charge in [-0.2, -0.15) is 0 Å². The number of para-hydroxylation sites is 1.